The topological polar surface area (TPSA) is 47.6 Å². The first-order valence-electron chi connectivity index (χ1n) is 5.72. The van der Waals surface area contributed by atoms with E-state index in [0.717, 1.165) is 31.2 Å². The molecule has 0 spiro atoms. The van der Waals surface area contributed by atoms with E-state index < -0.39 is 0 Å². The Bertz CT molecular complexity index is 201. The molecule has 0 saturated carbocycles. The molecular weight excluding hydrogens is 274 g/mol. The van der Waals surface area contributed by atoms with Gasteiger partial charge in [-0.2, -0.15) is 0 Å². The number of hydrogen-bond acceptors (Lipinski definition) is 3. The Labute approximate surface area is 105 Å². The summed E-state index contributed by atoms with van der Waals surface area (Å²) in [4.78, 5) is 11.7. The van der Waals surface area contributed by atoms with Gasteiger partial charge in [-0.1, -0.05) is 15.9 Å². The monoisotopic (exact) mass is 293 g/mol. The van der Waals surface area contributed by atoms with Crippen molar-refractivity contribution < 1.29 is 14.3 Å². The van der Waals surface area contributed by atoms with Gasteiger partial charge in [0.2, 0.25) is 5.91 Å². The van der Waals surface area contributed by atoms with Gasteiger partial charge < -0.3 is 14.8 Å². The van der Waals surface area contributed by atoms with E-state index >= 15 is 0 Å². The summed E-state index contributed by atoms with van der Waals surface area (Å²) in [5.74, 6) is 0.0647. The first-order chi connectivity index (χ1) is 7.76. The van der Waals surface area contributed by atoms with Crippen LogP contribution in [-0.4, -0.2) is 43.7 Å². The Balaban J connectivity index is 2.23. The van der Waals surface area contributed by atoms with Gasteiger partial charge in [-0.15, -0.1) is 0 Å². The van der Waals surface area contributed by atoms with E-state index in [4.69, 9.17) is 9.47 Å². The highest BCUT2D eigenvalue weighted by Gasteiger charge is 2.20. The number of hydrogen-bond donors (Lipinski definition) is 1. The lowest BCUT2D eigenvalue weighted by Crippen LogP contribution is -2.39. The smallest absolute Gasteiger partial charge is 0.222 e. The molecule has 1 aliphatic heterocycles. The molecule has 1 heterocycles. The maximum atomic E-state index is 11.7. The first-order valence-corrected chi connectivity index (χ1v) is 6.84. The van der Waals surface area contributed by atoms with E-state index in [9.17, 15) is 4.79 Å². The Morgan fingerprint density at radius 2 is 2.50 bits per heavy atom. The van der Waals surface area contributed by atoms with Crippen LogP contribution in [0.2, 0.25) is 0 Å². The number of rotatable bonds is 7. The van der Waals surface area contributed by atoms with Crippen molar-refractivity contribution in [1.29, 1.82) is 0 Å². The number of ether oxygens (including phenoxy) is 2. The number of halogens is 1. The summed E-state index contributed by atoms with van der Waals surface area (Å²) < 4.78 is 10.5. The summed E-state index contributed by atoms with van der Waals surface area (Å²) in [6, 6.07) is 0.0956. The Hall–Kier alpha value is -0.130. The molecule has 0 aromatic rings. The molecule has 0 aliphatic carbocycles. The van der Waals surface area contributed by atoms with E-state index in [1.165, 1.54) is 0 Å². The molecular formula is C11H20BrNO3. The average molecular weight is 294 g/mol. The number of amides is 1. The molecule has 1 fully saturated rings. The second-order valence-corrected chi connectivity index (χ2v) is 4.83. The van der Waals surface area contributed by atoms with E-state index in [1.807, 2.05) is 0 Å². The van der Waals surface area contributed by atoms with Crippen LogP contribution in [0.15, 0.2) is 0 Å². The van der Waals surface area contributed by atoms with Crippen LogP contribution in [0.25, 0.3) is 0 Å². The van der Waals surface area contributed by atoms with Crippen LogP contribution in [0.4, 0.5) is 0 Å². The van der Waals surface area contributed by atoms with Gasteiger partial charge in [-0.3, -0.25) is 4.79 Å². The molecule has 1 aliphatic rings. The summed E-state index contributed by atoms with van der Waals surface area (Å²) in [5, 5.41) is 3.83. The Morgan fingerprint density at radius 3 is 3.06 bits per heavy atom. The lowest BCUT2D eigenvalue weighted by molar-refractivity contribution is -0.124. The van der Waals surface area contributed by atoms with Crippen LogP contribution in [0.5, 0.6) is 0 Å². The number of alkyl halides is 1. The van der Waals surface area contributed by atoms with E-state index in [1.54, 1.807) is 7.11 Å². The van der Waals surface area contributed by atoms with Crippen molar-refractivity contribution in [3.8, 4) is 0 Å². The number of methoxy groups -OCH3 is 1. The van der Waals surface area contributed by atoms with Gasteiger partial charge in [-0.25, -0.2) is 0 Å². The third kappa shape index (κ3) is 5.27. The lowest BCUT2D eigenvalue weighted by Gasteiger charge is -2.18. The summed E-state index contributed by atoms with van der Waals surface area (Å²) in [5.41, 5.74) is 0. The predicted molar refractivity (Wildman–Crippen MR) is 65.8 cm³/mol. The molecule has 1 N–H and O–H groups in total. The highest BCUT2D eigenvalue weighted by atomic mass is 79.9. The minimum atomic E-state index is 0.0647. The molecule has 0 bridgehead atoms. The molecule has 5 heteroatoms. The van der Waals surface area contributed by atoms with Gasteiger partial charge in [-0.05, 0) is 19.3 Å². The molecule has 0 aromatic carbocycles. The number of carbonyl (C=O) groups excluding carboxylic acids is 1. The highest BCUT2D eigenvalue weighted by molar-refractivity contribution is 9.09. The van der Waals surface area contributed by atoms with Crippen LogP contribution in [0.1, 0.15) is 25.7 Å². The SMILES string of the molecule is COCC(CCBr)NC(=O)CC1CCCO1. The highest BCUT2D eigenvalue weighted by Crippen LogP contribution is 2.15. The van der Waals surface area contributed by atoms with Gasteiger partial charge in [0, 0.05) is 19.0 Å². The first kappa shape index (κ1) is 13.9. The fourth-order valence-corrected chi connectivity index (χ4v) is 2.38. The predicted octanol–water partition coefficient (Wildman–Crippen LogP) is 1.47. The van der Waals surface area contributed by atoms with Gasteiger partial charge in [0.25, 0.3) is 0 Å². The number of nitrogens with one attached hydrogen (secondary N) is 1. The standard InChI is InChI=1S/C11H20BrNO3/c1-15-8-9(4-5-12)13-11(14)7-10-3-2-6-16-10/h9-10H,2-8H2,1H3,(H,13,14). The summed E-state index contributed by atoms with van der Waals surface area (Å²) >= 11 is 3.37. The van der Waals surface area contributed by atoms with Crippen molar-refractivity contribution in [2.45, 2.75) is 37.8 Å². The quantitative estimate of drug-likeness (QED) is 0.723. The summed E-state index contributed by atoms with van der Waals surface area (Å²) in [6.07, 6.45) is 3.54. The third-order valence-electron chi connectivity index (χ3n) is 2.63. The van der Waals surface area contributed by atoms with E-state index in [0.29, 0.717) is 13.0 Å². The van der Waals surface area contributed by atoms with Crippen LogP contribution in [0, 0.1) is 0 Å². The van der Waals surface area contributed by atoms with Crippen LogP contribution < -0.4 is 5.32 Å². The van der Waals surface area contributed by atoms with Gasteiger partial charge >= 0.3 is 0 Å². The second-order valence-electron chi connectivity index (χ2n) is 4.04. The zero-order valence-corrected chi connectivity index (χ0v) is 11.3. The average Bonchev–Trinajstić information content (AvgIpc) is 2.71. The largest absolute Gasteiger partial charge is 0.383 e. The van der Waals surface area contributed by atoms with Crippen molar-refractivity contribution in [2.75, 3.05) is 25.7 Å². The lowest BCUT2D eigenvalue weighted by atomic mass is 10.1. The molecule has 1 amide bonds. The van der Waals surface area contributed by atoms with Gasteiger partial charge in [0.15, 0.2) is 0 Å². The summed E-state index contributed by atoms with van der Waals surface area (Å²) in [6.45, 7) is 1.35. The molecule has 1 rings (SSSR count). The third-order valence-corrected chi connectivity index (χ3v) is 3.09. The van der Waals surface area contributed by atoms with Crippen molar-refractivity contribution >= 4 is 21.8 Å². The zero-order valence-electron chi connectivity index (χ0n) is 9.71. The summed E-state index contributed by atoms with van der Waals surface area (Å²) in [7, 11) is 1.65. The van der Waals surface area contributed by atoms with Crippen LogP contribution in [0.3, 0.4) is 0 Å². The second kappa shape index (κ2) is 8.03. The normalized spacial score (nSPS) is 22.0. The molecule has 0 aromatic heterocycles. The fraction of sp³-hybridized carbons (Fsp3) is 0.909. The Morgan fingerprint density at radius 1 is 1.69 bits per heavy atom. The van der Waals surface area contributed by atoms with Crippen LogP contribution in [-0.2, 0) is 14.3 Å². The number of carbonyl (C=O) groups is 1. The molecule has 94 valence electrons. The van der Waals surface area contributed by atoms with E-state index in [2.05, 4.69) is 21.2 Å². The van der Waals surface area contributed by atoms with Gasteiger partial charge in [0.05, 0.1) is 25.2 Å². The molecule has 2 unspecified atom stereocenters. The minimum Gasteiger partial charge on any atom is -0.383 e. The van der Waals surface area contributed by atoms with Crippen molar-refractivity contribution in [1.82, 2.24) is 5.32 Å². The Kier molecular flexibility index (Phi) is 7.00. The molecule has 2 atom stereocenters. The molecule has 1 saturated heterocycles. The molecule has 0 radical (unpaired) electrons. The van der Waals surface area contributed by atoms with Gasteiger partial charge in [0.1, 0.15) is 0 Å². The van der Waals surface area contributed by atoms with Crippen molar-refractivity contribution in [3.63, 3.8) is 0 Å². The van der Waals surface area contributed by atoms with Crippen molar-refractivity contribution in [3.05, 3.63) is 0 Å². The van der Waals surface area contributed by atoms with Crippen LogP contribution >= 0.6 is 15.9 Å². The zero-order chi connectivity index (χ0) is 11.8. The fourth-order valence-electron chi connectivity index (χ4n) is 1.83. The maximum absolute atomic E-state index is 11.7. The van der Waals surface area contributed by atoms with E-state index in [-0.39, 0.29) is 18.1 Å². The molecule has 16 heavy (non-hydrogen) atoms. The molecule has 4 nitrogen and oxygen atoms in total. The van der Waals surface area contributed by atoms with Crippen molar-refractivity contribution in [2.24, 2.45) is 0 Å². The minimum absolute atomic E-state index is 0.0647. The maximum Gasteiger partial charge on any atom is 0.222 e.